The second-order valence-electron chi connectivity index (χ2n) is 5.23. The third-order valence-electron chi connectivity index (χ3n) is 3.71. The van der Waals surface area contributed by atoms with E-state index < -0.39 is 0 Å². The minimum Gasteiger partial charge on any atom is -0.497 e. The quantitative estimate of drug-likeness (QED) is 0.795. The van der Waals surface area contributed by atoms with E-state index in [0.29, 0.717) is 5.56 Å². The van der Waals surface area contributed by atoms with E-state index in [1.807, 2.05) is 54.1 Å². The van der Waals surface area contributed by atoms with Crippen LogP contribution in [0.25, 0.3) is 11.3 Å². The molecule has 0 radical (unpaired) electrons. The zero-order valence-electron chi connectivity index (χ0n) is 13.1. The van der Waals surface area contributed by atoms with E-state index in [1.165, 1.54) is 0 Å². The van der Waals surface area contributed by atoms with Gasteiger partial charge in [0, 0.05) is 16.8 Å². The summed E-state index contributed by atoms with van der Waals surface area (Å²) in [4.78, 5) is 12.5. The van der Waals surface area contributed by atoms with Gasteiger partial charge < -0.3 is 4.74 Å². The maximum Gasteiger partial charge on any atom is 0.270 e. The standard InChI is InChI=1S/C19H18N2O2/c1-14-8-13-18(15-6-4-3-5-7-15)21(14)20-19(22)16-9-11-17(23-2)12-10-16/h3-13H,1-2H3,(H,20,22). The van der Waals surface area contributed by atoms with E-state index in [2.05, 4.69) is 5.43 Å². The lowest BCUT2D eigenvalue weighted by molar-refractivity contribution is 0.101. The number of nitrogens with zero attached hydrogens (tertiary/aromatic N) is 1. The Morgan fingerprint density at radius 2 is 1.65 bits per heavy atom. The third-order valence-corrected chi connectivity index (χ3v) is 3.71. The van der Waals surface area contributed by atoms with Crippen molar-refractivity contribution in [3.05, 3.63) is 78.0 Å². The molecule has 0 spiro atoms. The maximum atomic E-state index is 12.5. The Hall–Kier alpha value is -3.01. The predicted molar refractivity (Wildman–Crippen MR) is 91.3 cm³/mol. The van der Waals surface area contributed by atoms with Crippen molar-refractivity contribution < 1.29 is 9.53 Å². The first kappa shape index (κ1) is 14.9. The van der Waals surface area contributed by atoms with E-state index in [-0.39, 0.29) is 5.91 Å². The van der Waals surface area contributed by atoms with Crippen LogP contribution in [0.5, 0.6) is 5.75 Å². The molecule has 0 aliphatic heterocycles. The largest absolute Gasteiger partial charge is 0.497 e. The second kappa shape index (κ2) is 6.40. The number of aryl methyl sites for hydroxylation is 1. The van der Waals surface area contributed by atoms with Gasteiger partial charge in [-0.05, 0) is 43.3 Å². The van der Waals surface area contributed by atoms with Crippen LogP contribution in [0.3, 0.4) is 0 Å². The Balaban J connectivity index is 1.88. The monoisotopic (exact) mass is 306 g/mol. The Bertz CT molecular complexity index is 805. The van der Waals surface area contributed by atoms with Crippen LogP contribution in [0.15, 0.2) is 66.7 Å². The van der Waals surface area contributed by atoms with Gasteiger partial charge in [-0.15, -0.1) is 0 Å². The molecule has 1 N–H and O–H groups in total. The molecule has 3 aromatic rings. The Morgan fingerprint density at radius 1 is 0.957 bits per heavy atom. The number of nitrogens with one attached hydrogen (secondary N) is 1. The number of hydrogen-bond donors (Lipinski definition) is 1. The number of carbonyl (C=O) groups is 1. The maximum absolute atomic E-state index is 12.5. The smallest absolute Gasteiger partial charge is 0.270 e. The van der Waals surface area contributed by atoms with Crippen LogP contribution < -0.4 is 10.2 Å². The molecule has 23 heavy (non-hydrogen) atoms. The summed E-state index contributed by atoms with van der Waals surface area (Å²) in [5.41, 5.74) is 6.49. The summed E-state index contributed by atoms with van der Waals surface area (Å²) in [5, 5.41) is 0. The van der Waals surface area contributed by atoms with Gasteiger partial charge in [0.2, 0.25) is 0 Å². The highest BCUT2D eigenvalue weighted by molar-refractivity contribution is 6.00. The van der Waals surface area contributed by atoms with E-state index in [1.54, 1.807) is 31.4 Å². The Morgan fingerprint density at radius 3 is 2.30 bits per heavy atom. The van der Waals surface area contributed by atoms with Gasteiger partial charge in [-0.2, -0.15) is 0 Å². The van der Waals surface area contributed by atoms with Crippen LogP contribution in [0.4, 0.5) is 0 Å². The molecule has 0 fully saturated rings. The van der Waals surface area contributed by atoms with Crippen molar-refractivity contribution in [3.63, 3.8) is 0 Å². The highest BCUT2D eigenvalue weighted by Crippen LogP contribution is 2.21. The average Bonchev–Trinajstić information content (AvgIpc) is 2.96. The zero-order chi connectivity index (χ0) is 16.2. The minimum absolute atomic E-state index is 0.163. The van der Waals surface area contributed by atoms with Crippen molar-refractivity contribution in [3.8, 4) is 17.0 Å². The molecule has 0 unspecified atom stereocenters. The summed E-state index contributed by atoms with van der Waals surface area (Å²) in [6.07, 6.45) is 0. The van der Waals surface area contributed by atoms with Gasteiger partial charge in [0.1, 0.15) is 5.75 Å². The molecular formula is C19H18N2O2. The summed E-state index contributed by atoms with van der Waals surface area (Å²) < 4.78 is 6.92. The third kappa shape index (κ3) is 3.11. The van der Waals surface area contributed by atoms with Gasteiger partial charge in [0.05, 0.1) is 12.8 Å². The van der Waals surface area contributed by atoms with Gasteiger partial charge in [-0.1, -0.05) is 30.3 Å². The van der Waals surface area contributed by atoms with Crippen molar-refractivity contribution in [2.45, 2.75) is 6.92 Å². The van der Waals surface area contributed by atoms with E-state index in [9.17, 15) is 4.79 Å². The SMILES string of the molecule is COc1ccc(C(=O)Nn2c(C)ccc2-c2ccccc2)cc1. The first-order valence-corrected chi connectivity index (χ1v) is 7.38. The minimum atomic E-state index is -0.163. The van der Waals surface area contributed by atoms with E-state index in [0.717, 1.165) is 22.7 Å². The molecule has 1 heterocycles. The molecular weight excluding hydrogens is 288 g/mol. The average molecular weight is 306 g/mol. The number of benzene rings is 2. The van der Waals surface area contributed by atoms with Crippen molar-refractivity contribution in [2.75, 3.05) is 12.5 Å². The lowest BCUT2D eigenvalue weighted by atomic mass is 10.2. The first-order chi connectivity index (χ1) is 11.2. The van der Waals surface area contributed by atoms with E-state index >= 15 is 0 Å². The second-order valence-corrected chi connectivity index (χ2v) is 5.23. The molecule has 0 aliphatic rings. The molecule has 0 saturated heterocycles. The van der Waals surface area contributed by atoms with Crippen LogP contribution in [-0.2, 0) is 0 Å². The van der Waals surface area contributed by atoms with Gasteiger partial charge in [-0.3, -0.25) is 14.9 Å². The number of amides is 1. The number of aromatic nitrogens is 1. The summed E-state index contributed by atoms with van der Waals surface area (Å²) in [6, 6.07) is 21.0. The lowest BCUT2D eigenvalue weighted by Crippen LogP contribution is -2.24. The van der Waals surface area contributed by atoms with Gasteiger partial charge in [0.25, 0.3) is 5.91 Å². The molecule has 1 aromatic heterocycles. The number of carbonyl (C=O) groups excluding carboxylic acids is 1. The highest BCUT2D eigenvalue weighted by Gasteiger charge is 2.11. The normalized spacial score (nSPS) is 10.3. The van der Waals surface area contributed by atoms with Crippen molar-refractivity contribution in [2.24, 2.45) is 0 Å². The van der Waals surface area contributed by atoms with Gasteiger partial charge in [-0.25, -0.2) is 0 Å². The van der Waals surface area contributed by atoms with Crippen molar-refractivity contribution in [1.29, 1.82) is 0 Å². The summed E-state index contributed by atoms with van der Waals surface area (Å²) in [5.74, 6) is 0.563. The van der Waals surface area contributed by atoms with Crippen molar-refractivity contribution >= 4 is 5.91 Å². The number of rotatable bonds is 4. The van der Waals surface area contributed by atoms with Crippen LogP contribution in [0, 0.1) is 6.92 Å². The molecule has 0 saturated carbocycles. The van der Waals surface area contributed by atoms with Crippen LogP contribution in [0.1, 0.15) is 16.1 Å². The fraction of sp³-hybridized carbons (Fsp3) is 0.105. The van der Waals surface area contributed by atoms with Crippen LogP contribution in [-0.4, -0.2) is 17.7 Å². The molecule has 2 aromatic carbocycles. The van der Waals surface area contributed by atoms with Crippen LogP contribution in [0.2, 0.25) is 0 Å². The van der Waals surface area contributed by atoms with Crippen molar-refractivity contribution in [1.82, 2.24) is 4.68 Å². The molecule has 0 bridgehead atoms. The molecule has 3 rings (SSSR count). The molecule has 4 nitrogen and oxygen atoms in total. The summed E-state index contributed by atoms with van der Waals surface area (Å²) in [7, 11) is 1.60. The topological polar surface area (TPSA) is 43.3 Å². The summed E-state index contributed by atoms with van der Waals surface area (Å²) in [6.45, 7) is 1.96. The molecule has 1 amide bonds. The zero-order valence-corrected chi connectivity index (χ0v) is 13.1. The molecule has 0 aliphatic carbocycles. The lowest BCUT2D eigenvalue weighted by Gasteiger charge is -2.13. The molecule has 116 valence electrons. The van der Waals surface area contributed by atoms with Gasteiger partial charge in [0.15, 0.2) is 0 Å². The number of ether oxygens (including phenoxy) is 1. The molecule has 4 heteroatoms. The molecule has 0 atom stereocenters. The fourth-order valence-corrected chi connectivity index (χ4v) is 2.43. The Kier molecular flexibility index (Phi) is 4.15. The number of hydrogen-bond acceptors (Lipinski definition) is 2. The number of methoxy groups -OCH3 is 1. The van der Waals surface area contributed by atoms with E-state index in [4.69, 9.17) is 4.74 Å². The summed E-state index contributed by atoms with van der Waals surface area (Å²) >= 11 is 0. The highest BCUT2D eigenvalue weighted by atomic mass is 16.5. The van der Waals surface area contributed by atoms with Crippen LogP contribution >= 0.6 is 0 Å². The fourth-order valence-electron chi connectivity index (χ4n) is 2.43. The predicted octanol–water partition coefficient (Wildman–Crippen LogP) is 3.86. The van der Waals surface area contributed by atoms with Gasteiger partial charge >= 0.3 is 0 Å². The Labute approximate surface area is 135 Å². The first-order valence-electron chi connectivity index (χ1n) is 7.38.